The van der Waals surface area contributed by atoms with Crippen LogP contribution in [-0.2, 0) is 16.1 Å². The van der Waals surface area contributed by atoms with E-state index in [1.807, 2.05) is 28.8 Å². The molecule has 0 unspecified atom stereocenters. The molecule has 3 rings (SSSR count). The summed E-state index contributed by atoms with van der Waals surface area (Å²) in [6.07, 6.45) is 2.26. The molecule has 0 saturated carbocycles. The van der Waals surface area contributed by atoms with E-state index in [0.29, 0.717) is 12.3 Å². The summed E-state index contributed by atoms with van der Waals surface area (Å²) in [5, 5.41) is 12.0. The molecule has 0 bridgehead atoms. The summed E-state index contributed by atoms with van der Waals surface area (Å²) in [5.41, 5.74) is 0.957. The summed E-state index contributed by atoms with van der Waals surface area (Å²) in [6, 6.07) is 7.72. The van der Waals surface area contributed by atoms with Gasteiger partial charge < -0.3 is 14.8 Å². The molecule has 134 valence electrons. The Morgan fingerprint density at radius 2 is 2.20 bits per heavy atom. The number of nitrogens with zero attached hydrogens (tertiary/aromatic N) is 3. The zero-order chi connectivity index (χ0) is 17.6. The molecule has 25 heavy (non-hydrogen) atoms. The number of ether oxygens (including phenoxy) is 2. The number of hydrogen-bond donors (Lipinski definition) is 1. The molecule has 2 heterocycles. The van der Waals surface area contributed by atoms with E-state index >= 15 is 0 Å². The number of amides is 1. The van der Waals surface area contributed by atoms with Crippen LogP contribution in [0.4, 0.5) is 0 Å². The van der Waals surface area contributed by atoms with E-state index in [4.69, 9.17) is 9.47 Å². The van der Waals surface area contributed by atoms with Gasteiger partial charge in [-0.2, -0.15) is 0 Å². The summed E-state index contributed by atoms with van der Waals surface area (Å²) in [5.74, 6) is 1.84. The van der Waals surface area contributed by atoms with Crippen molar-refractivity contribution < 1.29 is 14.3 Å². The molecule has 7 nitrogen and oxygen atoms in total. The zero-order valence-electron chi connectivity index (χ0n) is 14.4. The quantitative estimate of drug-likeness (QED) is 0.759. The van der Waals surface area contributed by atoms with Gasteiger partial charge in [-0.3, -0.25) is 9.36 Å². The lowest BCUT2D eigenvalue weighted by atomic mass is 10.2. The van der Waals surface area contributed by atoms with Crippen molar-refractivity contribution in [1.29, 1.82) is 0 Å². The van der Waals surface area contributed by atoms with Gasteiger partial charge in [0.05, 0.1) is 25.5 Å². The van der Waals surface area contributed by atoms with E-state index in [1.165, 1.54) is 11.8 Å². The normalized spacial score (nSPS) is 16.8. The van der Waals surface area contributed by atoms with Crippen molar-refractivity contribution in [1.82, 2.24) is 20.1 Å². The highest BCUT2D eigenvalue weighted by atomic mass is 32.2. The molecule has 1 saturated heterocycles. The van der Waals surface area contributed by atoms with Gasteiger partial charge in [-0.25, -0.2) is 0 Å². The van der Waals surface area contributed by atoms with Gasteiger partial charge in [-0.15, -0.1) is 10.2 Å². The van der Waals surface area contributed by atoms with Gasteiger partial charge in [-0.05, 0) is 37.1 Å². The Balaban J connectivity index is 1.87. The first-order valence-electron chi connectivity index (χ1n) is 8.24. The topological polar surface area (TPSA) is 78.3 Å². The van der Waals surface area contributed by atoms with Gasteiger partial charge >= 0.3 is 0 Å². The first-order chi connectivity index (χ1) is 12.2. The van der Waals surface area contributed by atoms with Crippen LogP contribution in [0.5, 0.6) is 5.75 Å². The van der Waals surface area contributed by atoms with Crippen LogP contribution in [0.3, 0.4) is 0 Å². The second-order valence-electron chi connectivity index (χ2n) is 5.74. The predicted octanol–water partition coefficient (Wildman–Crippen LogP) is 1.97. The Bertz CT molecular complexity index is 711. The highest BCUT2D eigenvalue weighted by Crippen LogP contribution is 2.27. The van der Waals surface area contributed by atoms with E-state index in [9.17, 15) is 4.79 Å². The minimum absolute atomic E-state index is 0.0392. The van der Waals surface area contributed by atoms with Crippen molar-refractivity contribution in [2.45, 2.75) is 30.6 Å². The molecule has 1 atom stereocenters. The van der Waals surface area contributed by atoms with Crippen LogP contribution in [0.1, 0.15) is 12.8 Å². The van der Waals surface area contributed by atoms with Gasteiger partial charge in [-0.1, -0.05) is 11.8 Å². The average Bonchev–Trinajstić information content (AvgIpc) is 3.30. The third-order valence-electron chi connectivity index (χ3n) is 4.09. The second-order valence-corrected chi connectivity index (χ2v) is 6.68. The number of aromatic nitrogens is 3. The Morgan fingerprint density at radius 3 is 2.84 bits per heavy atom. The molecule has 1 aliphatic rings. The minimum atomic E-state index is -0.0392. The molecule has 1 amide bonds. The molecule has 1 aliphatic heterocycles. The summed E-state index contributed by atoms with van der Waals surface area (Å²) >= 11 is 1.38. The maximum absolute atomic E-state index is 11.6. The average molecular weight is 362 g/mol. The first-order valence-corrected chi connectivity index (χ1v) is 9.22. The minimum Gasteiger partial charge on any atom is -0.497 e. The van der Waals surface area contributed by atoms with Gasteiger partial charge in [0.25, 0.3) is 0 Å². The van der Waals surface area contributed by atoms with E-state index in [2.05, 4.69) is 15.5 Å². The number of benzene rings is 1. The van der Waals surface area contributed by atoms with Crippen molar-refractivity contribution in [3.63, 3.8) is 0 Å². The lowest BCUT2D eigenvalue weighted by Gasteiger charge is -2.14. The standard InChI is InChI=1S/C17H22N4O3S/c1-18-15(22)11-25-17-20-19-16(12-5-7-13(23-2)8-6-12)21(17)10-14-4-3-9-24-14/h5-8,14H,3-4,9-11H2,1-2H3,(H,18,22)/t14-/m0/s1. The molecule has 0 radical (unpaired) electrons. The molecule has 1 aromatic carbocycles. The first kappa shape index (κ1) is 17.8. The number of hydrogen-bond acceptors (Lipinski definition) is 6. The number of rotatable bonds is 7. The Morgan fingerprint density at radius 1 is 1.40 bits per heavy atom. The highest BCUT2D eigenvalue weighted by molar-refractivity contribution is 7.99. The molecular formula is C17H22N4O3S. The summed E-state index contributed by atoms with van der Waals surface area (Å²) in [4.78, 5) is 11.6. The molecule has 2 aromatic rings. The number of carbonyl (C=O) groups excluding carboxylic acids is 1. The molecular weight excluding hydrogens is 340 g/mol. The smallest absolute Gasteiger partial charge is 0.230 e. The van der Waals surface area contributed by atoms with Crippen molar-refractivity contribution in [3.05, 3.63) is 24.3 Å². The van der Waals surface area contributed by atoms with Gasteiger partial charge in [0.15, 0.2) is 11.0 Å². The fourth-order valence-electron chi connectivity index (χ4n) is 2.71. The van der Waals surface area contributed by atoms with Crippen LogP contribution in [0.25, 0.3) is 11.4 Å². The number of thioether (sulfide) groups is 1. The molecule has 1 fully saturated rings. The van der Waals surface area contributed by atoms with Crippen LogP contribution in [0.2, 0.25) is 0 Å². The van der Waals surface area contributed by atoms with Crippen molar-refractivity contribution in [2.24, 2.45) is 0 Å². The SMILES string of the molecule is CNC(=O)CSc1nnc(-c2ccc(OC)cc2)n1C[C@@H]1CCCO1. The van der Waals surface area contributed by atoms with E-state index < -0.39 is 0 Å². The monoisotopic (exact) mass is 362 g/mol. The number of methoxy groups -OCH3 is 1. The maximum atomic E-state index is 11.6. The van der Waals surface area contributed by atoms with Crippen LogP contribution < -0.4 is 10.1 Å². The Labute approximate surface area is 151 Å². The van der Waals surface area contributed by atoms with Crippen molar-refractivity contribution in [2.75, 3.05) is 26.5 Å². The molecule has 1 N–H and O–H groups in total. The largest absolute Gasteiger partial charge is 0.497 e. The zero-order valence-corrected chi connectivity index (χ0v) is 15.2. The van der Waals surface area contributed by atoms with Crippen LogP contribution in [-0.4, -0.2) is 53.3 Å². The summed E-state index contributed by atoms with van der Waals surface area (Å²) < 4.78 is 13.0. The van der Waals surface area contributed by atoms with Crippen LogP contribution in [0, 0.1) is 0 Å². The van der Waals surface area contributed by atoms with Crippen LogP contribution in [0.15, 0.2) is 29.4 Å². The third kappa shape index (κ3) is 4.32. The fraction of sp³-hybridized carbons (Fsp3) is 0.471. The fourth-order valence-corrected chi connectivity index (χ4v) is 3.53. The summed E-state index contributed by atoms with van der Waals surface area (Å²) in [6.45, 7) is 1.48. The maximum Gasteiger partial charge on any atom is 0.230 e. The van der Waals surface area contributed by atoms with Gasteiger partial charge in [0, 0.05) is 19.2 Å². The molecule has 0 spiro atoms. The van der Waals surface area contributed by atoms with Gasteiger partial charge in [0.1, 0.15) is 5.75 Å². The van der Waals surface area contributed by atoms with Crippen LogP contribution >= 0.6 is 11.8 Å². The lowest BCUT2D eigenvalue weighted by Crippen LogP contribution is -2.21. The van der Waals surface area contributed by atoms with Gasteiger partial charge in [0.2, 0.25) is 5.91 Å². The number of carbonyl (C=O) groups is 1. The molecule has 1 aromatic heterocycles. The third-order valence-corrected chi connectivity index (χ3v) is 5.05. The highest BCUT2D eigenvalue weighted by Gasteiger charge is 2.22. The van der Waals surface area contributed by atoms with E-state index in [0.717, 1.165) is 41.7 Å². The second kappa shape index (κ2) is 8.35. The lowest BCUT2D eigenvalue weighted by molar-refractivity contribution is -0.118. The Hall–Kier alpha value is -2.06. The van der Waals surface area contributed by atoms with Crippen molar-refractivity contribution in [3.8, 4) is 17.1 Å². The number of nitrogens with one attached hydrogen (secondary N) is 1. The Kier molecular flexibility index (Phi) is 5.93. The molecule has 0 aliphatic carbocycles. The summed E-state index contributed by atoms with van der Waals surface area (Å²) in [7, 11) is 3.27. The molecule has 8 heteroatoms. The van der Waals surface area contributed by atoms with E-state index in [1.54, 1.807) is 14.2 Å². The van der Waals surface area contributed by atoms with Crippen molar-refractivity contribution >= 4 is 17.7 Å². The van der Waals surface area contributed by atoms with E-state index in [-0.39, 0.29) is 12.0 Å². The predicted molar refractivity (Wildman–Crippen MR) is 95.8 cm³/mol.